The summed E-state index contributed by atoms with van der Waals surface area (Å²) in [6, 6.07) is 11.4. The van der Waals surface area contributed by atoms with E-state index < -0.39 is 0 Å². The molecular weight excluding hydrogens is 298 g/mol. The maximum absolute atomic E-state index is 12.2. The van der Waals surface area contributed by atoms with Crippen molar-refractivity contribution in [3.05, 3.63) is 64.4 Å². The van der Waals surface area contributed by atoms with E-state index in [9.17, 15) is 4.79 Å². The first-order valence-electron chi connectivity index (χ1n) is 7.05. The Hall–Kier alpha value is -2.26. The summed E-state index contributed by atoms with van der Waals surface area (Å²) < 4.78 is 5.51. The molecule has 3 rings (SSSR count). The highest BCUT2D eigenvalue weighted by Crippen LogP contribution is 2.24. The number of anilines is 1. The Bertz CT molecular complexity index is 851. The average Bonchev–Trinajstić information content (AvgIpc) is 2.85. The fraction of sp³-hybridized carbons (Fsp3) is 0.167. The second kappa shape index (κ2) is 5.85. The van der Waals surface area contributed by atoms with Gasteiger partial charge in [0.1, 0.15) is 5.58 Å². The molecule has 1 N–H and O–H groups in total. The number of nitrogens with one attached hydrogen (secondary N) is 1. The lowest BCUT2D eigenvalue weighted by atomic mass is 10.1. The van der Waals surface area contributed by atoms with Crippen molar-refractivity contribution in [3.8, 4) is 0 Å². The molecule has 0 aliphatic carbocycles. The van der Waals surface area contributed by atoms with Gasteiger partial charge in [-0.25, -0.2) is 0 Å². The maximum Gasteiger partial charge on any atom is 0.228 e. The normalized spacial score (nSPS) is 10.9. The topological polar surface area (TPSA) is 42.2 Å². The van der Waals surface area contributed by atoms with Crippen LogP contribution in [0.4, 0.5) is 5.69 Å². The number of carbonyl (C=O) groups is 1. The van der Waals surface area contributed by atoms with E-state index in [4.69, 9.17) is 16.0 Å². The summed E-state index contributed by atoms with van der Waals surface area (Å²) in [6.45, 7) is 3.93. The van der Waals surface area contributed by atoms with Gasteiger partial charge in [-0.15, -0.1) is 0 Å². The Balaban J connectivity index is 1.76. The lowest BCUT2D eigenvalue weighted by Crippen LogP contribution is -2.14. The lowest BCUT2D eigenvalue weighted by Gasteiger charge is -2.06. The third-order valence-electron chi connectivity index (χ3n) is 3.62. The monoisotopic (exact) mass is 313 g/mol. The standard InChI is InChI=1S/C18H16ClNO2/c1-11-3-6-15-13(10-22-17(15)7-11)8-18(21)20-14-5-4-12(2)16(19)9-14/h3-7,9-10H,8H2,1-2H3,(H,20,21). The summed E-state index contributed by atoms with van der Waals surface area (Å²) in [5, 5.41) is 4.47. The van der Waals surface area contributed by atoms with Crippen molar-refractivity contribution in [2.75, 3.05) is 5.32 Å². The molecule has 0 saturated carbocycles. The number of halogens is 1. The number of rotatable bonds is 3. The SMILES string of the molecule is Cc1ccc2c(CC(=O)Nc3ccc(C)c(Cl)c3)coc2c1. The molecule has 112 valence electrons. The number of hydrogen-bond acceptors (Lipinski definition) is 2. The maximum atomic E-state index is 12.2. The molecule has 0 fully saturated rings. The van der Waals surface area contributed by atoms with Crippen LogP contribution in [-0.4, -0.2) is 5.91 Å². The van der Waals surface area contributed by atoms with Gasteiger partial charge in [0.15, 0.2) is 0 Å². The lowest BCUT2D eigenvalue weighted by molar-refractivity contribution is -0.115. The van der Waals surface area contributed by atoms with Gasteiger partial charge >= 0.3 is 0 Å². The average molecular weight is 314 g/mol. The molecule has 2 aromatic carbocycles. The number of fused-ring (bicyclic) bond motifs is 1. The molecule has 0 aliphatic heterocycles. The van der Waals surface area contributed by atoms with Crippen molar-refractivity contribution in [1.29, 1.82) is 0 Å². The molecule has 0 atom stereocenters. The Kier molecular flexibility index (Phi) is 3.90. The van der Waals surface area contributed by atoms with E-state index in [1.54, 1.807) is 12.3 Å². The molecule has 1 heterocycles. The van der Waals surface area contributed by atoms with Crippen molar-refractivity contribution in [3.63, 3.8) is 0 Å². The molecule has 0 saturated heterocycles. The van der Waals surface area contributed by atoms with Crippen molar-refractivity contribution < 1.29 is 9.21 Å². The van der Waals surface area contributed by atoms with Gasteiger partial charge in [-0.05, 0) is 43.2 Å². The molecule has 0 aliphatic rings. The third kappa shape index (κ3) is 3.00. The second-order valence-electron chi connectivity index (χ2n) is 5.45. The number of hydrogen-bond donors (Lipinski definition) is 1. The van der Waals surface area contributed by atoms with Crippen LogP contribution in [0.2, 0.25) is 5.02 Å². The summed E-state index contributed by atoms with van der Waals surface area (Å²) in [5.41, 5.74) is 4.50. The van der Waals surface area contributed by atoms with Crippen LogP contribution >= 0.6 is 11.6 Å². The highest BCUT2D eigenvalue weighted by atomic mass is 35.5. The summed E-state index contributed by atoms with van der Waals surface area (Å²) in [7, 11) is 0. The molecule has 0 radical (unpaired) electrons. The first-order valence-corrected chi connectivity index (χ1v) is 7.43. The number of furan rings is 1. The van der Waals surface area contributed by atoms with Gasteiger partial charge in [0.05, 0.1) is 12.7 Å². The van der Waals surface area contributed by atoms with E-state index >= 15 is 0 Å². The summed E-state index contributed by atoms with van der Waals surface area (Å²) in [5.74, 6) is -0.0943. The molecule has 1 aromatic heterocycles. The van der Waals surface area contributed by atoms with E-state index in [1.807, 2.05) is 44.2 Å². The molecule has 0 spiro atoms. The zero-order valence-corrected chi connectivity index (χ0v) is 13.2. The van der Waals surface area contributed by atoms with Gasteiger partial charge in [-0.3, -0.25) is 4.79 Å². The fourth-order valence-corrected chi connectivity index (χ4v) is 2.56. The largest absolute Gasteiger partial charge is 0.464 e. The van der Waals surface area contributed by atoms with Crippen molar-refractivity contribution in [1.82, 2.24) is 0 Å². The first kappa shape index (κ1) is 14.7. The highest BCUT2D eigenvalue weighted by molar-refractivity contribution is 6.31. The molecule has 4 heteroatoms. The Morgan fingerprint density at radius 3 is 2.77 bits per heavy atom. The second-order valence-corrected chi connectivity index (χ2v) is 5.86. The van der Waals surface area contributed by atoms with Gasteiger partial charge in [-0.1, -0.05) is 29.8 Å². The predicted molar refractivity (Wildman–Crippen MR) is 89.5 cm³/mol. The van der Waals surface area contributed by atoms with E-state index in [0.717, 1.165) is 27.7 Å². The van der Waals surface area contributed by atoms with Gasteiger partial charge in [0.25, 0.3) is 0 Å². The summed E-state index contributed by atoms with van der Waals surface area (Å²) in [6.07, 6.45) is 1.91. The summed E-state index contributed by atoms with van der Waals surface area (Å²) >= 11 is 6.07. The van der Waals surface area contributed by atoms with Crippen molar-refractivity contribution >= 4 is 34.2 Å². The molecule has 0 bridgehead atoms. The number of aryl methyl sites for hydroxylation is 2. The number of amides is 1. The first-order chi connectivity index (χ1) is 10.5. The van der Waals surface area contributed by atoms with Gasteiger partial charge < -0.3 is 9.73 Å². The minimum atomic E-state index is -0.0943. The van der Waals surface area contributed by atoms with Crippen LogP contribution in [0.5, 0.6) is 0 Å². The van der Waals surface area contributed by atoms with Crippen LogP contribution in [0.15, 0.2) is 47.1 Å². The minimum Gasteiger partial charge on any atom is -0.464 e. The quantitative estimate of drug-likeness (QED) is 0.748. The number of benzene rings is 2. The Labute approximate surface area is 133 Å². The Morgan fingerprint density at radius 2 is 2.00 bits per heavy atom. The van der Waals surface area contributed by atoms with Gasteiger partial charge in [0, 0.05) is 21.7 Å². The highest BCUT2D eigenvalue weighted by Gasteiger charge is 2.11. The summed E-state index contributed by atoms with van der Waals surface area (Å²) in [4.78, 5) is 12.2. The van der Waals surface area contributed by atoms with Crippen LogP contribution in [0.3, 0.4) is 0 Å². The Morgan fingerprint density at radius 1 is 1.18 bits per heavy atom. The molecular formula is C18H16ClNO2. The van der Waals surface area contributed by atoms with E-state index in [0.29, 0.717) is 10.7 Å². The molecule has 22 heavy (non-hydrogen) atoms. The fourth-order valence-electron chi connectivity index (χ4n) is 2.38. The third-order valence-corrected chi connectivity index (χ3v) is 4.03. The van der Waals surface area contributed by atoms with Crippen LogP contribution in [-0.2, 0) is 11.2 Å². The van der Waals surface area contributed by atoms with E-state index in [2.05, 4.69) is 5.32 Å². The molecule has 1 amide bonds. The van der Waals surface area contributed by atoms with Gasteiger partial charge in [0.2, 0.25) is 5.91 Å². The van der Waals surface area contributed by atoms with Crippen molar-refractivity contribution in [2.24, 2.45) is 0 Å². The van der Waals surface area contributed by atoms with E-state index in [1.165, 1.54) is 0 Å². The molecule has 3 aromatic rings. The van der Waals surface area contributed by atoms with Crippen LogP contribution in [0.1, 0.15) is 16.7 Å². The van der Waals surface area contributed by atoms with Crippen molar-refractivity contribution in [2.45, 2.75) is 20.3 Å². The smallest absolute Gasteiger partial charge is 0.228 e. The van der Waals surface area contributed by atoms with Crippen LogP contribution in [0, 0.1) is 13.8 Å². The number of carbonyl (C=O) groups excluding carboxylic acids is 1. The predicted octanol–water partition coefficient (Wildman–Crippen LogP) is 4.88. The van der Waals surface area contributed by atoms with E-state index in [-0.39, 0.29) is 12.3 Å². The van der Waals surface area contributed by atoms with Gasteiger partial charge in [-0.2, -0.15) is 0 Å². The van der Waals surface area contributed by atoms with Crippen LogP contribution in [0.25, 0.3) is 11.0 Å². The zero-order chi connectivity index (χ0) is 15.7. The molecule has 3 nitrogen and oxygen atoms in total. The zero-order valence-electron chi connectivity index (χ0n) is 12.4. The van der Waals surface area contributed by atoms with Crippen LogP contribution < -0.4 is 5.32 Å². The molecule has 0 unspecified atom stereocenters. The minimum absolute atomic E-state index is 0.0943.